The molecule has 0 amide bonds. The van der Waals surface area contributed by atoms with Crippen LogP contribution in [0, 0.1) is 13.8 Å². The maximum absolute atomic E-state index is 6.79. The van der Waals surface area contributed by atoms with Crippen LogP contribution >= 0.6 is 0 Å². The van der Waals surface area contributed by atoms with E-state index in [1.54, 1.807) is 0 Å². The second-order valence-electron chi connectivity index (χ2n) is 10.4. The molecule has 1 aliphatic carbocycles. The molecule has 0 atom stereocenters. The molecule has 3 nitrogen and oxygen atoms in total. The van der Waals surface area contributed by atoms with Crippen LogP contribution in [0.2, 0.25) is 0 Å². The first-order valence-electron chi connectivity index (χ1n) is 10.9. The van der Waals surface area contributed by atoms with Gasteiger partial charge >= 0.3 is 5.82 Å². The van der Waals surface area contributed by atoms with Gasteiger partial charge in [-0.1, -0.05) is 52.0 Å². The first-order valence-corrected chi connectivity index (χ1v) is 10.9. The highest BCUT2D eigenvalue weighted by Crippen LogP contribution is 2.50. The van der Waals surface area contributed by atoms with E-state index < -0.39 is 0 Å². The number of furan rings is 1. The van der Waals surface area contributed by atoms with Gasteiger partial charge in [0.2, 0.25) is 0 Å². The van der Waals surface area contributed by atoms with Crippen LogP contribution in [0.4, 0.5) is 0 Å². The van der Waals surface area contributed by atoms with E-state index in [2.05, 4.69) is 76.7 Å². The van der Waals surface area contributed by atoms with E-state index in [0.717, 1.165) is 28.2 Å². The van der Waals surface area contributed by atoms with Crippen molar-refractivity contribution in [2.24, 2.45) is 7.05 Å². The van der Waals surface area contributed by atoms with Gasteiger partial charge in [0, 0.05) is 29.3 Å². The molecule has 0 N–H and O–H groups in total. The fourth-order valence-electron chi connectivity index (χ4n) is 5.21. The van der Waals surface area contributed by atoms with E-state index >= 15 is 0 Å². The van der Waals surface area contributed by atoms with Crippen molar-refractivity contribution in [2.45, 2.75) is 65.2 Å². The highest BCUT2D eigenvalue weighted by Gasteiger charge is 2.39. The van der Waals surface area contributed by atoms with E-state index in [1.807, 2.05) is 13.0 Å². The molecule has 0 bridgehead atoms. The third-order valence-electron chi connectivity index (χ3n) is 7.18. The summed E-state index contributed by atoms with van der Waals surface area (Å²) in [6, 6.07) is 11.1. The Bertz CT molecular complexity index is 1320. The largest absolute Gasteiger partial charge is 0.455 e. The van der Waals surface area contributed by atoms with Crippen molar-refractivity contribution in [2.75, 3.05) is 0 Å². The summed E-state index contributed by atoms with van der Waals surface area (Å²) in [4.78, 5) is 4.87. The van der Waals surface area contributed by atoms with E-state index in [1.165, 1.54) is 40.3 Å². The standard InChI is InChI=1S/C27H31N2O/c1-16-8-9-18-19-10-11-20-22(27(5,6)14-13-26(20,3)4)24(19)30-23(18)21(16)25-28-17(2)12-15-29(25)7/h8-12,15H,13-14H2,1-7H3/q+1. The molecule has 0 unspecified atom stereocenters. The Morgan fingerprint density at radius 1 is 0.867 bits per heavy atom. The number of nitrogens with zero attached hydrogens (tertiary/aromatic N) is 2. The molecule has 2 aromatic heterocycles. The quantitative estimate of drug-likeness (QED) is 0.345. The topological polar surface area (TPSA) is 29.9 Å². The Hall–Kier alpha value is -2.68. The van der Waals surface area contributed by atoms with Gasteiger partial charge in [-0.25, -0.2) is 4.57 Å². The number of fused-ring (bicyclic) bond motifs is 5. The maximum Gasteiger partial charge on any atom is 0.334 e. The molecule has 3 heteroatoms. The van der Waals surface area contributed by atoms with Crippen LogP contribution in [0.1, 0.15) is 62.9 Å². The molecule has 5 rings (SSSR count). The van der Waals surface area contributed by atoms with Gasteiger partial charge in [0.15, 0.2) is 11.3 Å². The lowest BCUT2D eigenvalue weighted by Crippen LogP contribution is -2.33. The third kappa shape index (κ3) is 2.64. The maximum atomic E-state index is 6.79. The molecule has 0 spiro atoms. The molecule has 0 radical (unpaired) electrons. The van der Waals surface area contributed by atoms with Crippen molar-refractivity contribution >= 4 is 21.9 Å². The zero-order valence-corrected chi connectivity index (χ0v) is 19.2. The molecule has 30 heavy (non-hydrogen) atoms. The Labute approximate surface area is 178 Å². The van der Waals surface area contributed by atoms with E-state index in [0.29, 0.717) is 0 Å². The van der Waals surface area contributed by atoms with Gasteiger partial charge in [-0.2, -0.15) is 0 Å². The molecule has 1 aliphatic rings. The SMILES string of the molecule is Cc1cc[n+](C)c(-c2c(C)ccc3c2oc2c4c(ccc23)C(C)(C)CCC4(C)C)n1. The summed E-state index contributed by atoms with van der Waals surface area (Å²) in [5.74, 6) is 0.950. The monoisotopic (exact) mass is 399 g/mol. The summed E-state index contributed by atoms with van der Waals surface area (Å²) in [6.45, 7) is 13.6. The molecule has 0 saturated heterocycles. The summed E-state index contributed by atoms with van der Waals surface area (Å²) in [6.07, 6.45) is 4.45. The number of rotatable bonds is 1. The first kappa shape index (κ1) is 19.3. The predicted octanol–water partition coefficient (Wildman–Crippen LogP) is 6.44. The molecule has 0 aliphatic heterocycles. The van der Waals surface area contributed by atoms with Crippen LogP contribution < -0.4 is 4.57 Å². The van der Waals surface area contributed by atoms with Crippen molar-refractivity contribution < 1.29 is 8.98 Å². The lowest BCUT2D eigenvalue weighted by molar-refractivity contribution is -0.663. The van der Waals surface area contributed by atoms with Gasteiger partial charge in [0.25, 0.3) is 0 Å². The molecule has 154 valence electrons. The Morgan fingerprint density at radius 2 is 1.53 bits per heavy atom. The molecule has 0 fully saturated rings. The molecular weight excluding hydrogens is 368 g/mol. The van der Waals surface area contributed by atoms with Crippen molar-refractivity contribution in [1.29, 1.82) is 0 Å². The summed E-state index contributed by atoms with van der Waals surface area (Å²) < 4.78 is 8.88. The Balaban J connectivity index is 1.93. The minimum Gasteiger partial charge on any atom is -0.455 e. The average Bonchev–Trinajstić information content (AvgIpc) is 3.05. The first-order chi connectivity index (χ1) is 14.1. The van der Waals surface area contributed by atoms with Crippen LogP contribution in [0.15, 0.2) is 40.9 Å². The molecule has 4 aromatic rings. The summed E-state index contributed by atoms with van der Waals surface area (Å²) in [5.41, 5.74) is 8.38. The normalized spacial score (nSPS) is 17.4. The third-order valence-corrected chi connectivity index (χ3v) is 7.18. The number of hydrogen-bond acceptors (Lipinski definition) is 2. The lowest BCUT2D eigenvalue weighted by Gasteiger charge is -2.41. The number of aromatic nitrogens is 2. The summed E-state index contributed by atoms with van der Waals surface area (Å²) >= 11 is 0. The minimum absolute atomic E-state index is 0.0969. The fourth-order valence-corrected chi connectivity index (χ4v) is 5.21. The average molecular weight is 400 g/mol. The van der Waals surface area contributed by atoms with Crippen LogP contribution in [0.25, 0.3) is 33.3 Å². The van der Waals surface area contributed by atoms with Gasteiger partial charge in [0.05, 0.1) is 13.2 Å². The lowest BCUT2D eigenvalue weighted by atomic mass is 9.63. The van der Waals surface area contributed by atoms with Crippen LogP contribution in [0.5, 0.6) is 0 Å². The highest BCUT2D eigenvalue weighted by atomic mass is 16.3. The minimum atomic E-state index is 0.0969. The van der Waals surface area contributed by atoms with Gasteiger partial charge < -0.3 is 4.42 Å². The van der Waals surface area contributed by atoms with Gasteiger partial charge in [0.1, 0.15) is 11.1 Å². The highest BCUT2D eigenvalue weighted by molar-refractivity contribution is 6.10. The fraction of sp³-hybridized carbons (Fsp3) is 0.407. The summed E-state index contributed by atoms with van der Waals surface area (Å²) in [5, 5.41) is 2.39. The van der Waals surface area contributed by atoms with Crippen molar-refractivity contribution in [3.8, 4) is 11.4 Å². The van der Waals surface area contributed by atoms with Crippen LogP contribution in [-0.2, 0) is 17.9 Å². The number of hydrogen-bond donors (Lipinski definition) is 0. The zero-order valence-electron chi connectivity index (χ0n) is 19.2. The number of benzene rings is 2. The second-order valence-corrected chi connectivity index (χ2v) is 10.4. The number of aryl methyl sites for hydroxylation is 3. The second kappa shape index (κ2) is 6.16. The zero-order chi connectivity index (χ0) is 21.4. The molecule has 2 aromatic carbocycles. The van der Waals surface area contributed by atoms with Crippen molar-refractivity contribution in [3.05, 3.63) is 58.9 Å². The van der Waals surface area contributed by atoms with E-state index in [9.17, 15) is 0 Å². The van der Waals surface area contributed by atoms with Gasteiger partial charge in [-0.05, 0) is 46.7 Å². The van der Waals surface area contributed by atoms with E-state index in [4.69, 9.17) is 9.40 Å². The predicted molar refractivity (Wildman–Crippen MR) is 123 cm³/mol. The van der Waals surface area contributed by atoms with Gasteiger partial charge in [-0.3, -0.25) is 0 Å². The molecular formula is C27H31N2O+. The van der Waals surface area contributed by atoms with E-state index in [-0.39, 0.29) is 10.8 Å². The van der Waals surface area contributed by atoms with Gasteiger partial charge in [-0.15, -0.1) is 0 Å². The van der Waals surface area contributed by atoms with Crippen LogP contribution in [-0.4, -0.2) is 4.98 Å². The van der Waals surface area contributed by atoms with Crippen molar-refractivity contribution in [1.82, 2.24) is 4.98 Å². The van der Waals surface area contributed by atoms with Crippen molar-refractivity contribution in [3.63, 3.8) is 0 Å². The smallest absolute Gasteiger partial charge is 0.334 e. The summed E-state index contributed by atoms with van der Waals surface area (Å²) in [7, 11) is 2.05. The Morgan fingerprint density at radius 3 is 2.30 bits per heavy atom. The Kier molecular flexibility index (Phi) is 3.96. The molecule has 2 heterocycles. The molecule has 0 saturated carbocycles. The van der Waals surface area contributed by atoms with Crippen LogP contribution in [0.3, 0.4) is 0 Å².